The van der Waals surface area contributed by atoms with Crippen molar-refractivity contribution in [3.05, 3.63) is 113 Å². The van der Waals surface area contributed by atoms with Gasteiger partial charge in [-0.1, -0.05) is 24.3 Å². The van der Waals surface area contributed by atoms with Crippen LogP contribution in [0.1, 0.15) is 22.9 Å². The van der Waals surface area contributed by atoms with Gasteiger partial charge in [0.2, 0.25) is 0 Å². The van der Waals surface area contributed by atoms with Crippen LogP contribution >= 0.6 is 0 Å². The first kappa shape index (κ1) is 17.7. The molecule has 3 N–H and O–H groups in total. The third kappa shape index (κ3) is 3.30. The molecule has 0 radical (unpaired) electrons. The maximum atomic E-state index is 10.6. The number of benzene rings is 1. The van der Waals surface area contributed by atoms with Crippen molar-refractivity contribution in [1.29, 1.82) is 0 Å². The molecule has 0 aliphatic carbocycles. The fourth-order valence-electron chi connectivity index (χ4n) is 4.35. The van der Waals surface area contributed by atoms with Gasteiger partial charge in [0.15, 0.2) is 0 Å². The van der Waals surface area contributed by atoms with Crippen molar-refractivity contribution >= 4 is 23.6 Å². The van der Waals surface area contributed by atoms with Crippen molar-refractivity contribution in [3.63, 3.8) is 0 Å². The Hall–Kier alpha value is -4.12. The highest BCUT2D eigenvalue weighted by atomic mass is 16.3. The number of hydrogen-bond donors (Lipinski definition) is 3. The second-order valence-electron chi connectivity index (χ2n) is 7.91. The minimum Gasteiger partial charge on any atom is -0.508 e. The number of aromatic hydroxyl groups is 1. The Morgan fingerprint density at radius 1 is 0.774 bits per heavy atom. The van der Waals surface area contributed by atoms with Crippen LogP contribution in [-0.4, -0.2) is 27.6 Å². The van der Waals surface area contributed by atoms with Crippen molar-refractivity contribution in [2.45, 2.75) is 12.0 Å². The Bertz CT molecular complexity index is 1330. The molecule has 4 aliphatic rings. The molecule has 0 amide bonds. The van der Waals surface area contributed by atoms with Gasteiger partial charge in [0.1, 0.15) is 5.75 Å². The van der Waals surface area contributed by atoms with Crippen LogP contribution in [0, 0.1) is 0 Å². The van der Waals surface area contributed by atoms with Crippen LogP contribution in [0.2, 0.25) is 0 Å². The van der Waals surface area contributed by atoms with Crippen LogP contribution in [0.25, 0.3) is 12.2 Å². The van der Waals surface area contributed by atoms with E-state index in [-0.39, 0.29) is 17.7 Å². The van der Waals surface area contributed by atoms with Gasteiger partial charge in [-0.05, 0) is 66.8 Å². The number of nitrogens with one attached hydrogen (secondary N) is 2. The van der Waals surface area contributed by atoms with E-state index >= 15 is 0 Å². The van der Waals surface area contributed by atoms with E-state index in [1.165, 1.54) is 0 Å². The largest absolute Gasteiger partial charge is 0.508 e. The summed E-state index contributed by atoms with van der Waals surface area (Å²) in [6, 6.07) is 11.5. The number of aliphatic imine (C=N–C) groups is 2. The summed E-state index contributed by atoms with van der Waals surface area (Å²) in [5, 5.41) is 14.2. The van der Waals surface area contributed by atoms with Crippen LogP contribution in [0.5, 0.6) is 5.75 Å². The Kier molecular flexibility index (Phi) is 3.99. The number of H-pyrrole nitrogens is 1. The molecule has 5 nitrogen and oxygen atoms in total. The maximum Gasteiger partial charge on any atom is 0.119 e. The van der Waals surface area contributed by atoms with Crippen molar-refractivity contribution in [2.24, 2.45) is 9.98 Å². The number of phenolic OH excluding ortho intramolecular Hbond substituents is 1. The molecule has 0 saturated carbocycles. The summed E-state index contributed by atoms with van der Waals surface area (Å²) in [5.74, 6) is 0.143. The molecular weight excluding hydrogens is 384 g/mol. The van der Waals surface area contributed by atoms with Gasteiger partial charge in [0.25, 0.3) is 0 Å². The zero-order valence-corrected chi connectivity index (χ0v) is 16.7. The molecule has 31 heavy (non-hydrogen) atoms. The smallest absolute Gasteiger partial charge is 0.119 e. The SMILES string of the molecule is Oc1ccccc1C1C2=NC(=Cc3ccc([nH]3)C=C3C=CC(=N3)C=C3C=CC1N3)C=C2. The minimum atomic E-state index is -0.130. The van der Waals surface area contributed by atoms with Crippen molar-refractivity contribution in [1.82, 2.24) is 10.3 Å². The molecule has 6 rings (SSSR count). The normalized spacial score (nSPS) is 23.2. The number of phenols is 1. The van der Waals surface area contributed by atoms with E-state index in [9.17, 15) is 5.11 Å². The van der Waals surface area contributed by atoms with E-state index in [0.717, 1.165) is 45.5 Å². The van der Waals surface area contributed by atoms with Crippen molar-refractivity contribution in [3.8, 4) is 5.75 Å². The standard InChI is InChI=1S/C26H20N4O/c31-25-4-2-1-3-22(25)26-23-11-9-20(29-23)14-18-7-5-16(27-18)13-17-6-8-19(28-17)15-21-10-12-24(26)30-21/h1-15,23,26,28-29,31H. The monoisotopic (exact) mass is 404 g/mol. The van der Waals surface area contributed by atoms with E-state index in [1.54, 1.807) is 6.07 Å². The Labute approximate surface area is 180 Å². The van der Waals surface area contributed by atoms with Crippen LogP contribution in [-0.2, 0) is 0 Å². The average molecular weight is 404 g/mol. The highest BCUT2D eigenvalue weighted by Crippen LogP contribution is 2.35. The number of fused-ring (bicyclic) bond motifs is 6. The zero-order valence-electron chi connectivity index (χ0n) is 16.7. The van der Waals surface area contributed by atoms with Gasteiger partial charge in [-0.25, -0.2) is 4.99 Å². The van der Waals surface area contributed by atoms with Crippen LogP contribution in [0.3, 0.4) is 0 Å². The van der Waals surface area contributed by atoms with Gasteiger partial charge in [0, 0.05) is 22.6 Å². The molecule has 1 aromatic carbocycles. The summed E-state index contributed by atoms with van der Waals surface area (Å²) in [6.45, 7) is 0. The molecule has 150 valence electrons. The number of nitrogens with zero attached hydrogens (tertiary/aromatic N) is 2. The molecule has 0 saturated heterocycles. The molecule has 5 heteroatoms. The lowest BCUT2D eigenvalue weighted by Crippen LogP contribution is -2.32. The first-order chi connectivity index (χ1) is 15.2. The molecule has 1 aromatic heterocycles. The highest BCUT2D eigenvalue weighted by Gasteiger charge is 2.31. The van der Waals surface area contributed by atoms with Crippen molar-refractivity contribution < 1.29 is 5.11 Å². The number of aromatic nitrogens is 1. The number of para-hydroxylation sites is 1. The highest BCUT2D eigenvalue weighted by molar-refractivity contribution is 6.08. The summed E-state index contributed by atoms with van der Waals surface area (Å²) in [4.78, 5) is 13.0. The average Bonchev–Trinajstić information content (AvgIpc) is 3.55. The fraction of sp³-hybridized carbons (Fsp3) is 0.0769. The number of hydrogen-bond acceptors (Lipinski definition) is 4. The molecule has 2 aromatic rings. The summed E-state index contributed by atoms with van der Waals surface area (Å²) < 4.78 is 0. The van der Waals surface area contributed by atoms with Gasteiger partial charge in [-0.15, -0.1) is 0 Å². The maximum absolute atomic E-state index is 10.6. The van der Waals surface area contributed by atoms with E-state index in [4.69, 9.17) is 9.98 Å². The molecule has 0 spiro atoms. The second kappa shape index (κ2) is 6.99. The predicted octanol–water partition coefficient (Wildman–Crippen LogP) is 4.63. The Morgan fingerprint density at radius 2 is 1.55 bits per heavy atom. The molecule has 2 unspecified atom stereocenters. The topological polar surface area (TPSA) is 72.8 Å². The lowest BCUT2D eigenvalue weighted by molar-refractivity contribution is 0.463. The molecule has 4 aliphatic heterocycles. The Balaban J connectivity index is 1.50. The van der Waals surface area contributed by atoms with Crippen LogP contribution in [0.15, 0.2) is 106 Å². The van der Waals surface area contributed by atoms with Crippen LogP contribution in [0.4, 0.5) is 0 Å². The lowest BCUT2D eigenvalue weighted by atomic mass is 9.87. The Morgan fingerprint density at radius 3 is 2.39 bits per heavy atom. The minimum absolute atomic E-state index is 0.0340. The number of aromatic amines is 1. The summed E-state index contributed by atoms with van der Waals surface area (Å²) in [5.41, 5.74) is 7.41. The molecule has 5 heterocycles. The zero-order chi connectivity index (χ0) is 20.8. The van der Waals surface area contributed by atoms with Gasteiger partial charge < -0.3 is 15.4 Å². The van der Waals surface area contributed by atoms with Gasteiger partial charge >= 0.3 is 0 Å². The summed E-state index contributed by atoms with van der Waals surface area (Å²) >= 11 is 0. The molecule has 2 atom stereocenters. The number of rotatable bonds is 1. The first-order valence-corrected chi connectivity index (χ1v) is 10.3. The molecule has 0 fully saturated rings. The van der Waals surface area contributed by atoms with Gasteiger partial charge in [0.05, 0.1) is 34.8 Å². The van der Waals surface area contributed by atoms with Crippen molar-refractivity contribution in [2.75, 3.05) is 0 Å². The first-order valence-electron chi connectivity index (χ1n) is 10.3. The van der Waals surface area contributed by atoms with Gasteiger partial charge in [-0.2, -0.15) is 0 Å². The summed E-state index contributed by atoms with van der Waals surface area (Å²) in [7, 11) is 0. The molecular formula is C26H20N4O. The second-order valence-corrected chi connectivity index (χ2v) is 7.91. The van der Waals surface area contributed by atoms with E-state index in [0.29, 0.717) is 0 Å². The fourth-order valence-corrected chi connectivity index (χ4v) is 4.35. The predicted molar refractivity (Wildman–Crippen MR) is 125 cm³/mol. The van der Waals surface area contributed by atoms with Gasteiger partial charge in [-0.3, -0.25) is 4.99 Å². The third-order valence-corrected chi connectivity index (χ3v) is 5.77. The molecule has 8 bridgehead atoms. The van der Waals surface area contributed by atoms with E-state index in [1.807, 2.05) is 72.9 Å². The third-order valence-electron chi connectivity index (χ3n) is 5.77. The van der Waals surface area contributed by atoms with Crippen LogP contribution < -0.4 is 5.32 Å². The lowest BCUT2D eigenvalue weighted by Gasteiger charge is -2.24. The van der Waals surface area contributed by atoms with E-state index < -0.39 is 0 Å². The van der Waals surface area contributed by atoms with E-state index in [2.05, 4.69) is 22.5 Å². The quantitative estimate of drug-likeness (QED) is 0.648. The number of allylic oxidation sites excluding steroid dienone is 6. The summed E-state index contributed by atoms with van der Waals surface area (Å²) in [6.07, 6.45) is 18.4.